The molecule has 0 aromatic heterocycles. The molecule has 0 radical (unpaired) electrons. The van der Waals surface area contributed by atoms with Crippen molar-refractivity contribution in [3.05, 3.63) is 0 Å². The lowest BCUT2D eigenvalue weighted by Crippen LogP contribution is -2.47. The molecule has 0 saturated carbocycles. The van der Waals surface area contributed by atoms with Crippen LogP contribution in [0.2, 0.25) is 0 Å². The zero-order valence-corrected chi connectivity index (χ0v) is 9.21. The van der Waals surface area contributed by atoms with Gasteiger partial charge in [-0.15, -0.1) is 0 Å². The summed E-state index contributed by atoms with van der Waals surface area (Å²) in [7, 11) is 1.39. The molecule has 1 aliphatic heterocycles. The Morgan fingerprint density at radius 1 is 1.73 bits per heavy atom. The number of piperidine rings is 1. The van der Waals surface area contributed by atoms with E-state index >= 15 is 0 Å². The van der Waals surface area contributed by atoms with Crippen LogP contribution in [0.3, 0.4) is 0 Å². The standard InChI is InChI=1S/C10H18N2O3/c1-7(10(14)15-2)5-11-8-3-4-9(13)12-6-8/h7-8,11H,3-6H2,1-2H3,(H,12,13). The minimum atomic E-state index is -0.206. The molecule has 5 heteroatoms. The molecule has 15 heavy (non-hydrogen) atoms. The highest BCUT2D eigenvalue weighted by molar-refractivity contribution is 5.76. The fraction of sp³-hybridized carbons (Fsp3) is 0.800. The lowest BCUT2D eigenvalue weighted by atomic mass is 10.1. The molecule has 0 bridgehead atoms. The lowest BCUT2D eigenvalue weighted by molar-refractivity contribution is -0.144. The third kappa shape index (κ3) is 3.87. The van der Waals surface area contributed by atoms with Crippen molar-refractivity contribution in [2.24, 2.45) is 5.92 Å². The van der Waals surface area contributed by atoms with Crippen molar-refractivity contribution in [2.75, 3.05) is 20.2 Å². The molecule has 2 unspecified atom stereocenters. The van der Waals surface area contributed by atoms with Crippen LogP contribution < -0.4 is 10.6 Å². The minimum absolute atomic E-state index is 0.106. The molecular formula is C10H18N2O3. The van der Waals surface area contributed by atoms with Crippen LogP contribution in [0.1, 0.15) is 19.8 Å². The molecule has 2 N–H and O–H groups in total. The van der Waals surface area contributed by atoms with E-state index in [1.807, 2.05) is 6.92 Å². The number of methoxy groups -OCH3 is 1. The van der Waals surface area contributed by atoms with E-state index < -0.39 is 0 Å². The Morgan fingerprint density at radius 3 is 3.00 bits per heavy atom. The van der Waals surface area contributed by atoms with E-state index in [0.29, 0.717) is 19.5 Å². The minimum Gasteiger partial charge on any atom is -0.469 e. The lowest BCUT2D eigenvalue weighted by Gasteiger charge is -2.24. The van der Waals surface area contributed by atoms with Crippen molar-refractivity contribution < 1.29 is 14.3 Å². The number of ether oxygens (including phenoxy) is 1. The van der Waals surface area contributed by atoms with Crippen LogP contribution in [0, 0.1) is 5.92 Å². The first kappa shape index (κ1) is 12.0. The highest BCUT2D eigenvalue weighted by atomic mass is 16.5. The molecule has 0 spiro atoms. The van der Waals surface area contributed by atoms with Gasteiger partial charge in [0.15, 0.2) is 0 Å². The number of carbonyl (C=O) groups excluding carboxylic acids is 2. The van der Waals surface area contributed by atoms with Gasteiger partial charge in [-0.25, -0.2) is 0 Å². The molecule has 2 atom stereocenters. The highest BCUT2D eigenvalue weighted by Gasteiger charge is 2.19. The highest BCUT2D eigenvalue weighted by Crippen LogP contribution is 2.04. The zero-order valence-electron chi connectivity index (χ0n) is 9.21. The maximum atomic E-state index is 11.1. The Hall–Kier alpha value is -1.10. The van der Waals surface area contributed by atoms with E-state index in [2.05, 4.69) is 15.4 Å². The predicted octanol–water partition coefficient (Wildman–Crippen LogP) is -0.336. The second kappa shape index (κ2) is 5.70. The number of hydrogen-bond donors (Lipinski definition) is 2. The van der Waals surface area contributed by atoms with Crippen molar-refractivity contribution in [1.82, 2.24) is 10.6 Å². The van der Waals surface area contributed by atoms with Gasteiger partial charge in [-0.05, 0) is 6.42 Å². The largest absolute Gasteiger partial charge is 0.469 e. The molecule has 5 nitrogen and oxygen atoms in total. The number of amides is 1. The Bertz CT molecular complexity index is 233. The van der Waals surface area contributed by atoms with Gasteiger partial charge in [0.25, 0.3) is 0 Å². The SMILES string of the molecule is COC(=O)C(C)CNC1CCC(=O)NC1. The summed E-state index contributed by atoms with van der Waals surface area (Å²) in [6, 6.07) is 0.273. The molecule has 1 saturated heterocycles. The Kier molecular flexibility index (Phi) is 4.55. The number of rotatable bonds is 4. The second-order valence-corrected chi connectivity index (χ2v) is 3.87. The van der Waals surface area contributed by atoms with Crippen LogP contribution >= 0.6 is 0 Å². The summed E-state index contributed by atoms with van der Waals surface area (Å²) in [4.78, 5) is 22.0. The van der Waals surface area contributed by atoms with Crippen LogP contribution in [0.4, 0.5) is 0 Å². The molecule has 1 amide bonds. The van der Waals surface area contributed by atoms with Crippen LogP contribution in [-0.4, -0.2) is 38.1 Å². The second-order valence-electron chi connectivity index (χ2n) is 3.87. The van der Waals surface area contributed by atoms with Gasteiger partial charge in [0.1, 0.15) is 0 Å². The number of hydrogen-bond acceptors (Lipinski definition) is 4. The van der Waals surface area contributed by atoms with Gasteiger partial charge in [-0.3, -0.25) is 9.59 Å². The monoisotopic (exact) mass is 214 g/mol. The van der Waals surface area contributed by atoms with Crippen LogP contribution in [0.5, 0.6) is 0 Å². The Balaban J connectivity index is 2.19. The third-order valence-electron chi connectivity index (χ3n) is 2.58. The van der Waals surface area contributed by atoms with E-state index in [-0.39, 0.29) is 23.8 Å². The van der Waals surface area contributed by atoms with E-state index in [0.717, 1.165) is 6.42 Å². The summed E-state index contributed by atoms with van der Waals surface area (Å²) < 4.78 is 4.62. The van der Waals surface area contributed by atoms with Gasteiger partial charge in [-0.2, -0.15) is 0 Å². The number of carbonyl (C=O) groups is 2. The topological polar surface area (TPSA) is 67.4 Å². The summed E-state index contributed by atoms with van der Waals surface area (Å²) in [6.45, 7) is 3.06. The van der Waals surface area contributed by atoms with E-state index in [1.54, 1.807) is 0 Å². The first-order chi connectivity index (χ1) is 7.13. The van der Waals surface area contributed by atoms with Gasteiger partial charge in [-0.1, -0.05) is 6.92 Å². The van der Waals surface area contributed by atoms with Gasteiger partial charge < -0.3 is 15.4 Å². The van der Waals surface area contributed by atoms with Crippen LogP contribution in [0.25, 0.3) is 0 Å². The van der Waals surface area contributed by atoms with Crippen molar-refractivity contribution in [3.63, 3.8) is 0 Å². The number of nitrogens with one attached hydrogen (secondary N) is 2. The van der Waals surface area contributed by atoms with Crippen molar-refractivity contribution in [3.8, 4) is 0 Å². The smallest absolute Gasteiger partial charge is 0.309 e. The van der Waals surface area contributed by atoms with Gasteiger partial charge >= 0.3 is 5.97 Å². The average molecular weight is 214 g/mol. The average Bonchev–Trinajstić information content (AvgIpc) is 2.26. The van der Waals surface area contributed by atoms with Gasteiger partial charge in [0, 0.05) is 25.6 Å². The fourth-order valence-corrected chi connectivity index (χ4v) is 1.54. The van der Waals surface area contributed by atoms with Gasteiger partial charge in [0.2, 0.25) is 5.91 Å². The van der Waals surface area contributed by atoms with Crippen molar-refractivity contribution in [2.45, 2.75) is 25.8 Å². The first-order valence-electron chi connectivity index (χ1n) is 5.21. The van der Waals surface area contributed by atoms with Crippen molar-refractivity contribution >= 4 is 11.9 Å². The third-order valence-corrected chi connectivity index (χ3v) is 2.58. The quantitative estimate of drug-likeness (QED) is 0.628. The van der Waals surface area contributed by atoms with E-state index in [1.165, 1.54) is 7.11 Å². The van der Waals surface area contributed by atoms with E-state index in [4.69, 9.17) is 0 Å². The normalized spacial score (nSPS) is 23.1. The molecular weight excluding hydrogens is 196 g/mol. The van der Waals surface area contributed by atoms with E-state index in [9.17, 15) is 9.59 Å². The summed E-state index contributed by atoms with van der Waals surface area (Å²) >= 11 is 0. The molecule has 1 aliphatic rings. The summed E-state index contributed by atoms with van der Waals surface area (Å²) in [5.74, 6) is -0.246. The molecule has 0 aromatic carbocycles. The van der Waals surface area contributed by atoms with Crippen molar-refractivity contribution in [1.29, 1.82) is 0 Å². The van der Waals surface area contributed by atoms with Gasteiger partial charge in [0.05, 0.1) is 13.0 Å². The number of esters is 1. The maximum Gasteiger partial charge on any atom is 0.309 e. The van der Waals surface area contributed by atoms with Crippen LogP contribution in [0.15, 0.2) is 0 Å². The predicted molar refractivity (Wildman–Crippen MR) is 55.2 cm³/mol. The molecule has 1 heterocycles. The molecule has 0 aromatic rings. The Labute approximate surface area is 89.6 Å². The molecule has 0 aliphatic carbocycles. The first-order valence-corrected chi connectivity index (χ1v) is 5.21. The van der Waals surface area contributed by atoms with Crippen LogP contribution in [-0.2, 0) is 14.3 Å². The molecule has 1 fully saturated rings. The zero-order chi connectivity index (χ0) is 11.3. The Morgan fingerprint density at radius 2 is 2.47 bits per heavy atom. The fourth-order valence-electron chi connectivity index (χ4n) is 1.54. The molecule has 1 rings (SSSR count). The maximum absolute atomic E-state index is 11.1. The summed E-state index contributed by atoms with van der Waals surface area (Å²) in [6.07, 6.45) is 1.39. The molecule has 86 valence electrons. The summed E-state index contributed by atoms with van der Waals surface area (Å²) in [5.41, 5.74) is 0. The summed E-state index contributed by atoms with van der Waals surface area (Å²) in [5, 5.41) is 6.02.